The van der Waals surface area contributed by atoms with Crippen LogP contribution in [0.15, 0.2) is 63.9 Å². The van der Waals surface area contributed by atoms with Crippen LogP contribution in [0.5, 0.6) is 0 Å². The van der Waals surface area contributed by atoms with Crippen LogP contribution >= 0.6 is 35.0 Å². The number of furan rings is 1. The number of hydrogen-bond acceptors (Lipinski definition) is 5. The van der Waals surface area contributed by atoms with Crippen molar-refractivity contribution in [1.82, 2.24) is 4.90 Å². The molecule has 2 heterocycles. The monoisotopic (exact) mass is 407 g/mol. The number of amides is 1. The predicted octanol–water partition coefficient (Wildman–Crippen LogP) is 4.65. The van der Waals surface area contributed by atoms with Crippen molar-refractivity contribution in [3.05, 3.63) is 70.6 Å². The Hall–Kier alpha value is -2.02. The summed E-state index contributed by atoms with van der Waals surface area (Å²) in [6.07, 6.45) is 5.15. The quantitative estimate of drug-likeness (QED) is 0.397. The van der Waals surface area contributed by atoms with Gasteiger partial charge in [0.05, 0.1) is 17.7 Å². The Labute approximate surface area is 165 Å². The second kappa shape index (κ2) is 8.58. The van der Waals surface area contributed by atoms with Gasteiger partial charge in [0.2, 0.25) is 5.91 Å². The highest BCUT2D eigenvalue weighted by Gasteiger charge is 2.37. The van der Waals surface area contributed by atoms with Gasteiger partial charge in [0.15, 0.2) is 5.17 Å². The van der Waals surface area contributed by atoms with Gasteiger partial charge in [0, 0.05) is 16.6 Å². The van der Waals surface area contributed by atoms with Crippen LogP contribution in [0, 0.1) is 0 Å². The fourth-order valence-corrected chi connectivity index (χ4v) is 3.93. The van der Waals surface area contributed by atoms with Gasteiger partial charge in [-0.3, -0.25) is 9.69 Å². The number of thioether (sulfide) groups is 1. The second-order valence-corrected chi connectivity index (χ2v) is 7.44. The Balaban J connectivity index is 1.79. The molecule has 1 amide bonds. The molecule has 3 rings (SSSR count). The molecule has 0 bridgehead atoms. The van der Waals surface area contributed by atoms with Crippen molar-refractivity contribution in [3.63, 3.8) is 0 Å². The summed E-state index contributed by atoms with van der Waals surface area (Å²) in [5.41, 5.74) is 0.823. The average Bonchev–Trinajstić information content (AvgIpc) is 3.23. The molecule has 1 aromatic carbocycles. The van der Waals surface area contributed by atoms with Crippen LogP contribution in [0.3, 0.4) is 0 Å². The fraction of sp³-hybridized carbons (Fsp3) is 0.167. The van der Waals surface area contributed by atoms with E-state index >= 15 is 0 Å². The maximum atomic E-state index is 12.7. The second-order valence-electron chi connectivity index (χ2n) is 5.43. The van der Waals surface area contributed by atoms with Crippen LogP contribution in [0.25, 0.3) is 0 Å². The van der Waals surface area contributed by atoms with Gasteiger partial charge in [-0.25, -0.2) is 0 Å². The summed E-state index contributed by atoms with van der Waals surface area (Å²) in [5.74, 6) is 0.527. The fourth-order valence-electron chi connectivity index (χ4n) is 2.41. The van der Waals surface area contributed by atoms with Crippen LogP contribution in [-0.2, 0) is 11.2 Å². The van der Waals surface area contributed by atoms with Crippen LogP contribution in [-0.4, -0.2) is 34.0 Å². The molecule has 1 aliphatic heterocycles. The largest absolute Gasteiger partial charge is 0.463 e. The molecule has 1 saturated heterocycles. The Kier molecular flexibility index (Phi) is 6.19. The van der Waals surface area contributed by atoms with Gasteiger partial charge >= 0.3 is 0 Å². The number of hydrogen-bond donors (Lipinski definition) is 0. The number of benzene rings is 1. The third kappa shape index (κ3) is 4.38. The van der Waals surface area contributed by atoms with Crippen LogP contribution in [0.2, 0.25) is 10.0 Å². The topological polar surface area (TPSA) is 58.2 Å². The van der Waals surface area contributed by atoms with Crippen molar-refractivity contribution in [1.29, 1.82) is 0 Å². The van der Waals surface area contributed by atoms with E-state index in [-0.39, 0.29) is 11.2 Å². The van der Waals surface area contributed by atoms with E-state index in [0.29, 0.717) is 33.9 Å². The molecule has 1 atom stereocenters. The Bertz CT molecular complexity index is 865. The van der Waals surface area contributed by atoms with Gasteiger partial charge < -0.3 is 4.42 Å². The molecule has 134 valence electrons. The zero-order valence-corrected chi connectivity index (χ0v) is 16.0. The van der Waals surface area contributed by atoms with E-state index in [1.165, 1.54) is 18.0 Å². The molecular weight excluding hydrogens is 393 g/mol. The van der Waals surface area contributed by atoms with E-state index in [2.05, 4.69) is 16.8 Å². The number of halogens is 2. The minimum atomic E-state index is -0.344. The van der Waals surface area contributed by atoms with Crippen molar-refractivity contribution < 1.29 is 9.21 Å². The standard InChI is InChI=1S/C18H15Cl2N3O2S/c1-2-7-23-17(24)16(10-12-9-13(19)5-6-15(12)20)26-18(23)22-21-11-14-4-3-8-25-14/h2-6,8-9,11,16H,1,7,10H2/b21-11-,22-18-/t16-/m0/s1. The summed E-state index contributed by atoms with van der Waals surface area (Å²) in [5, 5.41) is 9.51. The zero-order chi connectivity index (χ0) is 18.5. The van der Waals surface area contributed by atoms with E-state index < -0.39 is 0 Å². The number of amidine groups is 1. The lowest BCUT2D eigenvalue weighted by molar-refractivity contribution is -0.125. The summed E-state index contributed by atoms with van der Waals surface area (Å²) in [4.78, 5) is 14.3. The molecule has 26 heavy (non-hydrogen) atoms. The first-order chi connectivity index (χ1) is 12.6. The molecule has 0 saturated carbocycles. The molecule has 1 aliphatic rings. The predicted molar refractivity (Wildman–Crippen MR) is 107 cm³/mol. The van der Waals surface area contributed by atoms with Crippen molar-refractivity contribution in [3.8, 4) is 0 Å². The first-order valence-electron chi connectivity index (χ1n) is 7.76. The number of nitrogens with zero attached hydrogens (tertiary/aromatic N) is 3. The lowest BCUT2D eigenvalue weighted by atomic mass is 10.1. The summed E-state index contributed by atoms with van der Waals surface area (Å²) in [6.45, 7) is 4.06. The Morgan fingerprint density at radius 3 is 2.92 bits per heavy atom. The molecule has 1 fully saturated rings. The molecular formula is C18H15Cl2N3O2S. The van der Waals surface area contributed by atoms with Crippen molar-refractivity contribution in [2.24, 2.45) is 10.2 Å². The lowest BCUT2D eigenvalue weighted by Crippen LogP contribution is -2.32. The zero-order valence-electron chi connectivity index (χ0n) is 13.6. The highest BCUT2D eigenvalue weighted by Crippen LogP contribution is 2.32. The highest BCUT2D eigenvalue weighted by atomic mass is 35.5. The Morgan fingerprint density at radius 1 is 1.35 bits per heavy atom. The van der Waals surface area contributed by atoms with Gasteiger partial charge in [-0.15, -0.1) is 11.7 Å². The van der Waals surface area contributed by atoms with Gasteiger partial charge in [-0.1, -0.05) is 41.0 Å². The van der Waals surface area contributed by atoms with Gasteiger partial charge in [-0.05, 0) is 42.3 Å². The number of rotatable bonds is 6. The van der Waals surface area contributed by atoms with Crippen LogP contribution < -0.4 is 0 Å². The molecule has 1 aromatic heterocycles. The molecule has 0 unspecified atom stereocenters. The molecule has 5 nitrogen and oxygen atoms in total. The summed E-state index contributed by atoms with van der Waals surface area (Å²) in [7, 11) is 0. The Morgan fingerprint density at radius 2 is 2.19 bits per heavy atom. The smallest absolute Gasteiger partial charge is 0.242 e. The van der Waals surface area contributed by atoms with E-state index in [0.717, 1.165) is 5.56 Å². The van der Waals surface area contributed by atoms with E-state index in [1.54, 1.807) is 47.6 Å². The van der Waals surface area contributed by atoms with E-state index in [4.69, 9.17) is 27.6 Å². The van der Waals surface area contributed by atoms with Crippen LogP contribution in [0.4, 0.5) is 0 Å². The maximum Gasteiger partial charge on any atom is 0.242 e. The molecule has 0 radical (unpaired) electrons. The van der Waals surface area contributed by atoms with Gasteiger partial charge in [0.1, 0.15) is 5.76 Å². The average molecular weight is 408 g/mol. The minimum absolute atomic E-state index is 0.0575. The van der Waals surface area contributed by atoms with E-state index in [1.807, 2.05) is 0 Å². The first kappa shape index (κ1) is 18.8. The molecule has 8 heteroatoms. The third-order valence-electron chi connectivity index (χ3n) is 3.62. The van der Waals surface area contributed by atoms with Gasteiger partial charge in [0.25, 0.3) is 0 Å². The highest BCUT2D eigenvalue weighted by molar-refractivity contribution is 8.15. The summed E-state index contributed by atoms with van der Waals surface area (Å²) in [6, 6.07) is 8.75. The van der Waals surface area contributed by atoms with Crippen molar-refractivity contribution >= 4 is 52.3 Å². The third-order valence-corrected chi connectivity index (χ3v) is 5.39. The summed E-state index contributed by atoms with van der Waals surface area (Å²) < 4.78 is 5.17. The first-order valence-corrected chi connectivity index (χ1v) is 9.39. The van der Waals surface area contributed by atoms with Crippen LogP contribution in [0.1, 0.15) is 11.3 Å². The normalized spacial score (nSPS) is 19.0. The van der Waals surface area contributed by atoms with Crippen molar-refractivity contribution in [2.75, 3.05) is 6.54 Å². The maximum absolute atomic E-state index is 12.7. The van der Waals surface area contributed by atoms with Crippen molar-refractivity contribution in [2.45, 2.75) is 11.7 Å². The minimum Gasteiger partial charge on any atom is -0.463 e. The van der Waals surface area contributed by atoms with E-state index in [9.17, 15) is 4.79 Å². The summed E-state index contributed by atoms with van der Waals surface area (Å²) >= 11 is 13.6. The lowest BCUT2D eigenvalue weighted by Gasteiger charge is -2.13. The number of carbonyl (C=O) groups is 1. The number of carbonyl (C=O) groups excluding carboxylic acids is 1. The SMILES string of the molecule is C=CCN1C(=O)[C@H](Cc2cc(Cl)ccc2Cl)S/C1=N\N=C/c1ccco1. The molecule has 2 aromatic rings. The molecule has 0 N–H and O–H groups in total. The van der Waals surface area contributed by atoms with Gasteiger partial charge in [-0.2, -0.15) is 5.10 Å². The molecule has 0 aliphatic carbocycles. The molecule has 0 spiro atoms.